The van der Waals surface area contributed by atoms with Crippen molar-refractivity contribution in [3.63, 3.8) is 0 Å². The van der Waals surface area contributed by atoms with Crippen molar-refractivity contribution in [2.75, 3.05) is 33.2 Å². The number of nitro groups is 1. The number of hydrogen-bond acceptors (Lipinski definition) is 4. The maximum atomic E-state index is 12.5. The number of hydrogen-bond donors (Lipinski definition) is 0. The first-order valence-electron chi connectivity index (χ1n) is 6.41. The molecule has 20 heavy (non-hydrogen) atoms. The van der Waals surface area contributed by atoms with Gasteiger partial charge in [0, 0.05) is 36.2 Å². The molecule has 0 saturated carbocycles. The summed E-state index contributed by atoms with van der Waals surface area (Å²) in [7, 11) is 2.03. The van der Waals surface area contributed by atoms with Gasteiger partial charge in [-0.2, -0.15) is 0 Å². The van der Waals surface area contributed by atoms with Crippen LogP contribution in [0.25, 0.3) is 0 Å². The molecule has 1 saturated heterocycles. The summed E-state index contributed by atoms with van der Waals surface area (Å²) in [5.41, 5.74) is 0.284. The summed E-state index contributed by atoms with van der Waals surface area (Å²) in [6.45, 7) is 3.10. The van der Waals surface area contributed by atoms with Crippen molar-refractivity contribution < 1.29 is 9.72 Å². The minimum atomic E-state index is -0.487. The number of nitro benzene ring substituents is 1. The average molecular weight is 342 g/mol. The van der Waals surface area contributed by atoms with Crippen LogP contribution >= 0.6 is 15.9 Å². The number of carbonyl (C=O) groups is 1. The maximum Gasteiger partial charge on any atom is 0.270 e. The number of nitrogens with zero attached hydrogens (tertiary/aromatic N) is 3. The summed E-state index contributed by atoms with van der Waals surface area (Å²) in [5.74, 6) is -0.157. The molecule has 0 atom stereocenters. The fraction of sp³-hybridized carbons (Fsp3) is 0.462. The molecule has 108 valence electrons. The van der Waals surface area contributed by atoms with Crippen molar-refractivity contribution in [2.45, 2.75) is 6.42 Å². The van der Waals surface area contributed by atoms with Crippen LogP contribution < -0.4 is 0 Å². The van der Waals surface area contributed by atoms with E-state index in [0.717, 1.165) is 19.5 Å². The highest BCUT2D eigenvalue weighted by atomic mass is 79.9. The van der Waals surface area contributed by atoms with E-state index in [1.807, 2.05) is 7.05 Å². The highest BCUT2D eigenvalue weighted by molar-refractivity contribution is 9.10. The van der Waals surface area contributed by atoms with Crippen molar-refractivity contribution in [1.29, 1.82) is 0 Å². The van der Waals surface area contributed by atoms with Crippen LogP contribution in [0.5, 0.6) is 0 Å². The van der Waals surface area contributed by atoms with Gasteiger partial charge in [-0.15, -0.1) is 0 Å². The number of carbonyl (C=O) groups excluding carboxylic acids is 1. The molecule has 2 rings (SSSR count). The van der Waals surface area contributed by atoms with Crippen LogP contribution in [0.3, 0.4) is 0 Å². The molecule has 1 aromatic carbocycles. The van der Waals surface area contributed by atoms with Gasteiger partial charge in [-0.1, -0.05) is 0 Å². The molecule has 6 nitrogen and oxygen atoms in total. The van der Waals surface area contributed by atoms with E-state index in [9.17, 15) is 14.9 Å². The molecule has 0 bridgehead atoms. The monoisotopic (exact) mass is 341 g/mol. The lowest BCUT2D eigenvalue weighted by Gasteiger charge is -2.21. The van der Waals surface area contributed by atoms with E-state index in [1.54, 1.807) is 11.0 Å². The zero-order valence-corrected chi connectivity index (χ0v) is 12.8. The molecule has 0 aromatic heterocycles. The summed E-state index contributed by atoms with van der Waals surface area (Å²) >= 11 is 3.30. The molecular weight excluding hydrogens is 326 g/mol. The number of amides is 1. The number of non-ortho nitro benzene ring substituents is 1. The molecule has 1 heterocycles. The lowest BCUT2D eigenvalue weighted by molar-refractivity contribution is -0.384. The molecule has 0 spiro atoms. The molecule has 1 aliphatic heterocycles. The van der Waals surface area contributed by atoms with Gasteiger partial charge in [0.1, 0.15) is 0 Å². The number of halogens is 1. The quantitative estimate of drug-likeness (QED) is 0.610. The van der Waals surface area contributed by atoms with Gasteiger partial charge in [0.2, 0.25) is 0 Å². The van der Waals surface area contributed by atoms with Gasteiger partial charge in [0.15, 0.2) is 0 Å². The van der Waals surface area contributed by atoms with Crippen molar-refractivity contribution >= 4 is 27.5 Å². The van der Waals surface area contributed by atoms with Gasteiger partial charge in [0.05, 0.1) is 10.5 Å². The lowest BCUT2D eigenvalue weighted by atomic mass is 10.1. The Morgan fingerprint density at radius 2 is 2.05 bits per heavy atom. The highest BCUT2D eigenvalue weighted by Gasteiger charge is 2.22. The van der Waals surface area contributed by atoms with Crippen LogP contribution in [0.15, 0.2) is 22.7 Å². The minimum absolute atomic E-state index is 0.0662. The van der Waals surface area contributed by atoms with Crippen molar-refractivity contribution in [2.24, 2.45) is 0 Å². The first-order chi connectivity index (χ1) is 9.49. The summed E-state index contributed by atoms with van der Waals surface area (Å²) in [6.07, 6.45) is 0.911. The fourth-order valence-electron chi connectivity index (χ4n) is 2.21. The zero-order valence-electron chi connectivity index (χ0n) is 11.2. The Bertz CT molecular complexity index is 536. The second kappa shape index (κ2) is 6.32. The van der Waals surface area contributed by atoms with Gasteiger partial charge >= 0.3 is 0 Å². The highest BCUT2D eigenvalue weighted by Crippen LogP contribution is 2.24. The topological polar surface area (TPSA) is 66.7 Å². The molecule has 1 fully saturated rings. The fourth-order valence-corrected chi connectivity index (χ4v) is 2.63. The van der Waals surface area contributed by atoms with Crippen LogP contribution in [0, 0.1) is 10.1 Å². The Kier molecular flexibility index (Phi) is 4.72. The molecule has 0 radical (unpaired) electrons. The predicted octanol–water partition coefficient (Wildman–Crippen LogP) is 2.13. The summed E-state index contributed by atoms with van der Waals surface area (Å²) in [6, 6.07) is 4.27. The third-order valence-electron chi connectivity index (χ3n) is 3.40. The van der Waals surface area contributed by atoms with Crippen LogP contribution in [0.4, 0.5) is 5.69 Å². The van der Waals surface area contributed by atoms with E-state index in [0.29, 0.717) is 23.1 Å². The molecule has 7 heteroatoms. The molecule has 1 aliphatic rings. The predicted molar refractivity (Wildman–Crippen MR) is 78.8 cm³/mol. The molecular formula is C13H16BrN3O3. The number of rotatable bonds is 2. The number of likely N-dealkylation sites (N-methyl/N-ethyl adjacent to an activating group) is 1. The van der Waals surface area contributed by atoms with E-state index < -0.39 is 4.92 Å². The van der Waals surface area contributed by atoms with E-state index in [1.165, 1.54) is 12.1 Å². The Morgan fingerprint density at radius 1 is 1.30 bits per heavy atom. The SMILES string of the molecule is CN1CCCN(C(=O)c2cc([N+](=O)[O-])ccc2Br)CC1. The Hall–Kier alpha value is -1.47. The van der Waals surface area contributed by atoms with Crippen molar-refractivity contribution in [3.05, 3.63) is 38.3 Å². The molecule has 0 aliphatic carbocycles. The third-order valence-corrected chi connectivity index (χ3v) is 4.09. The standard InChI is InChI=1S/C13H16BrN3O3/c1-15-5-2-6-16(8-7-15)13(18)11-9-10(17(19)20)3-4-12(11)14/h3-4,9H,2,5-8H2,1H3. The zero-order chi connectivity index (χ0) is 14.7. The van der Waals surface area contributed by atoms with Crippen LogP contribution in [0.1, 0.15) is 16.8 Å². The molecule has 1 amide bonds. The van der Waals surface area contributed by atoms with Crippen molar-refractivity contribution in [3.8, 4) is 0 Å². The van der Waals surface area contributed by atoms with Gasteiger partial charge in [0.25, 0.3) is 11.6 Å². The van der Waals surface area contributed by atoms with Crippen LogP contribution in [0.2, 0.25) is 0 Å². The summed E-state index contributed by atoms with van der Waals surface area (Å²) in [5, 5.41) is 10.8. The largest absolute Gasteiger partial charge is 0.337 e. The van der Waals surface area contributed by atoms with E-state index in [4.69, 9.17) is 0 Å². The Labute approximate surface area is 125 Å². The lowest BCUT2D eigenvalue weighted by Crippen LogP contribution is -2.34. The third kappa shape index (κ3) is 3.34. The summed E-state index contributed by atoms with van der Waals surface area (Å²) < 4.78 is 0.589. The Morgan fingerprint density at radius 3 is 2.75 bits per heavy atom. The van der Waals surface area contributed by atoms with Crippen LogP contribution in [-0.2, 0) is 0 Å². The Balaban J connectivity index is 2.23. The second-order valence-electron chi connectivity index (χ2n) is 4.87. The van der Waals surface area contributed by atoms with Crippen molar-refractivity contribution in [1.82, 2.24) is 9.80 Å². The first-order valence-corrected chi connectivity index (χ1v) is 7.20. The minimum Gasteiger partial charge on any atom is -0.337 e. The first kappa shape index (κ1) is 14.9. The van der Waals surface area contributed by atoms with E-state index in [-0.39, 0.29) is 11.6 Å². The molecule has 0 unspecified atom stereocenters. The van der Waals surface area contributed by atoms with Gasteiger partial charge in [-0.3, -0.25) is 14.9 Å². The van der Waals surface area contributed by atoms with E-state index >= 15 is 0 Å². The maximum absolute atomic E-state index is 12.5. The smallest absolute Gasteiger partial charge is 0.270 e. The number of benzene rings is 1. The van der Waals surface area contributed by atoms with Gasteiger partial charge in [-0.25, -0.2) is 0 Å². The molecule has 0 N–H and O–H groups in total. The molecule has 1 aromatic rings. The summed E-state index contributed by atoms with van der Waals surface area (Å²) in [4.78, 5) is 26.8. The van der Waals surface area contributed by atoms with Gasteiger partial charge < -0.3 is 9.80 Å². The van der Waals surface area contributed by atoms with Crippen LogP contribution in [-0.4, -0.2) is 53.9 Å². The second-order valence-corrected chi connectivity index (χ2v) is 5.72. The van der Waals surface area contributed by atoms with E-state index in [2.05, 4.69) is 20.8 Å². The van der Waals surface area contributed by atoms with Gasteiger partial charge in [-0.05, 0) is 42.0 Å². The average Bonchev–Trinajstić information content (AvgIpc) is 2.63. The normalized spacial score (nSPS) is 16.8.